The Morgan fingerprint density at radius 3 is 2.40 bits per heavy atom. The van der Waals surface area contributed by atoms with Crippen LogP contribution in [0.1, 0.15) is 73.4 Å². The highest BCUT2D eigenvalue weighted by molar-refractivity contribution is 5.51. The average molecular weight is 547 g/mol. The Labute approximate surface area is 239 Å². The fourth-order valence-corrected chi connectivity index (χ4v) is 5.53. The van der Waals surface area contributed by atoms with E-state index in [4.69, 9.17) is 19.9 Å². The first-order valence-electron chi connectivity index (χ1n) is 14.4. The standard InChI is InChI=1S/C34H46N2O4/c1-34(2,3)22-36-16-17-40-28-13-6-23(7-14-28)8-15-31(35)30-21-33(39-5)32(38-4)20-29(30)26-10-9-25-19-27(37)12-11-24(25)18-26/h6-7,11-14,19-21,26,31,36-37H,8-10,15-18,22,35H2,1-5H3. The smallest absolute Gasteiger partial charge is 0.161 e. The number of nitrogens with one attached hydrogen (secondary N) is 1. The Kier molecular flexibility index (Phi) is 9.99. The highest BCUT2D eigenvalue weighted by Gasteiger charge is 2.26. The van der Waals surface area contributed by atoms with Crippen LogP contribution in [-0.2, 0) is 19.3 Å². The van der Waals surface area contributed by atoms with Crippen LogP contribution in [-0.4, -0.2) is 39.0 Å². The molecule has 0 spiro atoms. The quantitative estimate of drug-likeness (QED) is 0.230. The van der Waals surface area contributed by atoms with Crippen molar-refractivity contribution in [1.29, 1.82) is 0 Å². The van der Waals surface area contributed by atoms with Crippen molar-refractivity contribution in [2.75, 3.05) is 33.9 Å². The van der Waals surface area contributed by atoms with E-state index < -0.39 is 0 Å². The van der Waals surface area contributed by atoms with E-state index in [9.17, 15) is 5.11 Å². The van der Waals surface area contributed by atoms with E-state index in [-0.39, 0.29) is 11.5 Å². The molecule has 6 heteroatoms. The zero-order chi connectivity index (χ0) is 28.7. The number of aryl methyl sites for hydroxylation is 2. The van der Waals surface area contributed by atoms with Crippen LogP contribution in [0.2, 0.25) is 0 Å². The molecule has 0 aromatic heterocycles. The maximum atomic E-state index is 9.91. The van der Waals surface area contributed by atoms with Crippen molar-refractivity contribution < 1.29 is 19.3 Å². The van der Waals surface area contributed by atoms with E-state index in [1.807, 2.05) is 24.3 Å². The van der Waals surface area contributed by atoms with Crippen LogP contribution in [0.3, 0.4) is 0 Å². The molecule has 0 saturated heterocycles. The third kappa shape index (κ3) is 7.92. The number of fused-ring (bicyclic) bond motifs is 1. The molecular weight excluding hydrogens is 500 g/mol. The Morgan fingerprint density at radius 1 is 0.975 bits per heavy atom. The number of benzene rings is 3. The summed E-state index contributed by atoms with van der Waals surface area (Å²) in [7, 11) is 3.34. The van der Waals surface area contributed by atoms with E-state index in [1.54, 1.807) is 20.3 Å². The number of phenolic OH excluding ortho intramolecular Hbond substituents is 1. The van der Waals surface area contributed by atoms with Gasteiger partial charge in [-0.2, -0.15) is 0 Å². The normalized spacial score (nSPS) is 15.8. The molecule has 0 saturated carbocycles. The minimum absolute atomic E-state index is 0.138. The summed E-state index contributed by atoms with van der Waals surface area (Å²) in [4.78, 5) is 0. The monoisotopic (exact) mass is 546 g/mol. The minimum Gasteiger partial charge on any atom is -0.508 e. The van der Waals surface area contributed by atoms with Gasteiger partial charge in [0.1, 0.15) is 18.1 Å². The molecule has 4 N–H and O–H groups in total. The molecule has 2 atom stereocenters. The van der Waals surface area contributed by atoms with Gasteiger partial charge in [-0.05, 0) is 108 Å². The molecule has 3 aromatic carbocycles. The van der Waals surface area contributed by atoms with Crippen LogP contribution in [0.25, 0.3) is 0 Å². The van der Waals surface area contributed by atoms with E-state index in [2.05, 4.69) is 50.4 Å². The summed E-state index contributed by atoms with van der Waals surface area (Å²) < 4.78 is 17.2. The van der Waals surface area contributed by atoms with Crippen molar-refractivity contribution >= 4 is 0 Å². The number of methoxy groups -OCH3 is 2. The topological polar surface area (TPSA) is 86.0 Å². The summed E-state index contributed by atoms with van der Waals surface area (Å²) in [5.41, 5.74) is 13.2. The van der Waals surface area contributed by atoms with E-state index in [0.717, 1.165) is 62.3 Å². The number of ether oxygens (including phenoxy) is 3. The summed E-state index contributed by atoms with van der Waals surface area (Å²) >= 11 is 0. The molecular formula is C34H46N2O4. The summed E-state index contributed by atoms with van der Waals surface area (Å²) in [5, 5.41) is 13.3. The lowest BCUT2D eigenvalue weighted by Crippen LogP contribution is -2.30. The van der Waals surface area contributed by atoms with Gasteiger partial charge in [-0.1, -0.05) is 39.0 Å². The molecule has 6 nitrogen and oxygen atoms in total. The van der Waals surface area contributed by atoms with Crippen molar-refractivity contribution in [3.63, 3.8) is 0 Å². The zero-order valence-electron chi connectivity index (χ0n) is 24.8. The molecule has 0 heterocycles. The molecule has 216 valence electrons. The maximum Gasteiger partial charge on any atom is 0.161 e. The van der Waals surface area contributed by atoms with Crippen LogP contribution in [0.15, 0.2) is 54.6 Å². The van der Waals surface area contributed by atoms with Crippen LogP contribution >= 0.6 is 0 Å². The number of rotatable bonds is 12. The molecule has 3 aromatic rings. The Hall–Kier alpha value is -3.22. The fourth-order valence-electron chi connectivity index (χ4n) is 5.53. The lowest BCUT2D eigenvalue weighted by Gasteiger charge is -2.29. The zero-order valence-corrected chi connectivity index (χ0v) is 24.8. The second-order valence-corrected chi connectivity index (χ2v) is 12.1. The van der Waals surface area contributed by atoms with Crippen molar-refractivity contribution in [3.8, 4) is 23.0 Å². The molecule has 1 aliphatic rings. The first-order valence-corrected chi connectivity index (χ1v) is 14.4. The Bertz CT molecular complexity index is 1250. The third-order valence-electron chi connectivity index (χ3n) is 7.72. The predicted octanol–water partition coefficient (Wildman–Crippen LogP) is 6.33. The van der Waals surface area contributed by atoms with Gasteiger partial charge in [0.2, 0.25) is 0 Å². The van der Waals surface area contributed by atoms with Gasteiger partial charge < -0.3 is 30.4 Å². The summed E-state index contributed by atoms with van der Waals surface area (Å²) in [6.07, 6.45) is 4.53. The van der Waals surface area contributed by atoms with Gasteiger partial charge >= 0.3 is 0 Å². The third-order valence-corrected chi connectivity index (χ3v) is 7.72. The van der Waals surface area contributed by atoms with Gasteiger partial charge in [0.25, 0.3) is 0 Å². The Morgan fingerprint density at radius 2 is 1.70 bits per heavy atom. The van der Waals surface area contributed by atoms with Gasteiger partial charge in [-0.15, -0.1) is 0 Å². The molecule has 1 aliphatic carbocycles. The maximum absolute atomic E-state index is 9.91. The number of hydrogen-bond acceptors (Lipinski definition) is 6. The summed E-state index contributed by atoms with van der Waals surface area (Å²) in [6.45, 7) is 9.11. The van der Waals surface area contributed by atoms with Crippen LogP contribution in [0.5, 0.6) is 23.0 Å². The van der Waals surface area contributed by atoms with E-state index >= 15 is 0 Å². The van der Waals surface area contributed by atoms with Crippen molar-refractivity contribution in [2.24, 2.45) is 11.1 Å². The highest BCUT2D eigenvalue weighted by atomic mass is 16.5. The largest absolute Gasteiger partial charge is 0.508 e. The van der Waals surface area contributed by atoms with Crippen molar-refractivity contribution in [2.45, 2.75) is 64.8 Å². The first-order chi connectivity index (χ1) is 19.2. The van der Waals surface area contributed by atoms with Crippen molar-refractivity contribution in [1.82, 2.24) is 5.32 Å². The van der Waals surface area contributed by atoms with Gasteiger partial charge in [0.05, 0.1) is 14.2 Å². The van der Waals surface area contributed by atoms with E-state index in [1.165, 1.54) is 22.3 Å². The van der Waals surface area contributed by atoms with Gasteiger partial charge in [-0.3, -0.25) is 0 Å². The van der Waals surface area contributed by atoms with E-state index in [0.29, 0.717) is 24.0 Å². The molecule has 40 heavy (non-hydrogen) atoms. The molecule has 0 radical (unpaired) electrons. The summed E-state index contributed by atoms with van der Waals surface area (Å²) in [5.74, 6) is 2.98. The average Bonchev–Trinajstić information content (AvgIpc) is 2.94. The molecule has 0 amide bonds. The second-order valence-electron chi connectivity index (χ2n) is 12.1. The highest BCUT2D eigenvalue weighted by Crippen LogP contribution is 2.42. The van der Waals surface area contributed by atoms with Gasteiger partial charge in [0, 0.05) is 19.1 Å². The molecule has 0 bridgehead atoms. The predicted molar refractivity (Wildman–Crippen MR) is 162 cm³/mol. The molecule has 4 rings (SSSR count). The Balaban J connectivity index is 1.41. The van der Waals surface area contributed by atoms with Gasteiger partial charge in [0.15, 0.2) is 11.5 Å². The number of phenols is 1. The van der Waals surface area contributed by atoms with Crippen LogP contribution in [0, 0.1) is 5.41 Å². The molecule has 0 aliphatic heterocycles. The van der Waals surface area contributed by atoms with Crippen LogP contribution in [0.4, 0.5) is 0 Å². The molecule has 2 unspecified atom stereocenters. The summed E-state index contributed by atoms with van der Waals surface area (Å²) in [6, 6.07) is 18.1. The number of hydrogen-bond donors (Lipinski definition) is 3. The number of aromatic hydroxyl groups is 1. The van der Waals surface area contributed by atoms with Crippen molar-refractivity contribution in [3.05, 3.63) is 82.4 Å². The minimum atomic E-state index is -0.138. The van der Waals surface area contributed by atoms with Gasteiger partial charge in [-0.25, -0.2) is 0 Å². The SMILES string of the molecule is COc1cc(C(N)CCc2ccc(OCCNCC(C)(C)C)cc2)c(C2CCc3cc(O)ccc3C2)cc1OC. The van der Waals surface area contributed by atoms with Crippen LogP contribution < -0.4 is 25.3 Å². The second kappa shape index (κ2) is 13.4. The fraction of sp³-hybridized carbons (Fsp3) is 0.471. The first kappa shape index (κ1) is 29.8. The lowest BCUT2D eigenvalue weighted by atomic mass is 9.77. The number of nitrogens with two attached hydrogens (primary N) is 1. The molecule has 0 fully saturated rings. The lowest BCUT2D eigenvalue weighted by molar-refractivity contribution is 0.297.